The highest BCUT2D eigenvalue weighted by atomic mass is 32.2. The molecule has 1 fully saturated rings. The minimum atomic E-state index is -0.122. The summed E-state index contributed by atoms with van der Waals surface area (Å²) in [5.41, 5.74) is 3.62. The Labute approximate surface area is 164 Å². The summed E-state index contributed by atoms with van der Waals surface area (Å²) in [6, 6.07) is 13.5. The number of nitrogens with one attached hydrogen (secondary N) is 1. The van der Waals surface area contributed by atoms with Crippen molar-refractivity contribution in [1.29, 1.82) is 0 Å². The summed E-state index contributed by atoms with van der Waals surface area (Å²) in [6.45, 7) is 5.72. The first-order valence-corrected chi connectivity index (χ1v) is 9.94. The van der Waals surface area contributed by atoms with Gasteiger partial charge >= 0.3 is 0 Å². The molecular weight excluding hydrogens is 360 g/mol. The highest BCUT2D eigenvalue weighted by Crippen LogP contribution is 2.45. The van der Waals surface area contributed by atoms with Gasteiger partial charge in [-0.1, -0.05) is 32.0 Å². The van der Waals surface area contributed by atoms with Gasteiger partial charge in [0.25, 0.3) is 0 Å². The van der Waals surface area contributed by atoms with Gasteiger partial charge in [0.2, 0.25) is 11.8 Å². The third-order valence-electron chi connectivity index (χ3n) is 4.45. The number of ether oxygens (including phenoxy) is 1. The van der Waals surface area contributed by atoms with E-state index in [9.17, 15) is 9.59 Å². The van der Waals surface area contributed by atoms with Crippen LogP contribution in [0.4, 0.5) is 11.4 Å². The number of carbonyl (C=O) groups excluding carboxylic acids is 2. The molecule has 0 aromatic heterocycles. The third kappa shape index (κ3) is 4.11. The number of thioether (sulfide) groups is 1. The van der Waals surface area contributed by atoms with Crippen LogP contribution in [0.2, 0.25) is 0 Å². The van der Waals surface area contributed by atoms with Crippen LogP contribution >= 0.6 is 11.8 Å². The third-order valence-corrected chi connectivity index (χ3v) is 5.66. The molecule has 1 aliphatic rings. The van der Waals surface area contributed by atoms with Crippen LogP contribution in [0.5, 0.6) is 5.75 Å². The van der Waals surface area contributed by atoms with Gasteiger partial charge in [-0.2, -0.15) is 0 Å². The molecule has 2 aromatic carbocycles. The number of methoxy groups -OCH3 is 1. The summed E-state index contributed by atoms with van der Waals surface area (Å²) in [6.07, 6.45) is 0. The van der Waals surface area contributed by atoms with Crippen LogP contribution in [-0.4, -0.2) is 24.7 Å². The molecule has 2 amide bonds. The fourth-order valence-corrected chi connectivity index (χ4v) is 4.11. The van der Waals surface area contributed by atoms with Crippen LogP contribution in [0.15, 0.2) is 42.5 Å². The average molecular weight is 385 g/mol. The lowest BCUT2D eigenvalue weighted by atomic mass is 10.1. The molecule has 1 N–H and O–H groups in total. The average Bonchev–Trinajstić information content (AvgIpc) is 3.03. The Bertz CT molecular complexity index is 849. The Hall–Kier alpha value is -2.47. The summed E-state index contributed by atoms with van der Waals surface area (Å²) >= 11 is 1.59. The lowest BCUT2D eigenvalue weighted by molar-refractivity contribution is -0.119. The van der Waals surface area contributed by atoms with E-state index in [1.165, 1.54) is 0 Å². The smallest absolute Gasteiger partial charge is 0.238 e. The summed E-state index contributed by atoms with van der Waals surface area (Å²) in [5, 5.41) is 2.77. The van der Waals surface area contributed by atoms with Crippen molar-refractivity contribution < 1.29 is 14.3 Å². The molecule has 3 rings (SSSR count). The molecule has 0 spiro atoms. The number of nitrogens with zero attached hydrogens (tertiary/aromatic N) is 1. The molecular formula is C21H24N2O3S. The molecule has 0 bridgehead atoms. The van der Waals surface area contributed by atoms with Crippen LogP contribution in [0.25, 0.3) is 0 Å². The molecule has 1 atom stereocenters. The maximum atomic E-state index is 12.6. The van der Waals surface area contributed by atoms with E-state index >= 15 is 0 Å². The van der Waals surface area contributed by atoms with E-state index in [0.717, 1.165) is 22.5 Å². The van der Waals surface area contributed by atoms with Crippen LogP contribution in [-0.2, 0) is 9.59 Å². The second-order valence-corrected chi connectivity index (χ2v) is 7.94. The molecule has 142 valence electrons. The first-order chi connectivity index (χ1) is 12.9. The fourth-order valence-electron chi connectivity index (χ4n) is 2.94. The zero-order valence-corrected chi connectivity index (χ0v) is 16.8. The van der Waals surface area contributed by atoms with Crippen LogP contribution in [0, 0.1) is 12.8 Å². The first-order valence-electron chi connectivity index (χ1n) is 8.90. The zero-order chi connectivity index (χ0) is 19.6. The second-order valence-electron chi connectivity index (χ2n) is 6.87. The van der Waals surface area contributed by atoms with Crippen molar-refractivity contribution >= 4 is 35.0 Å². The highest BCUT2D eigenvalue weighted by Gasteiger charge is 2.35. The number of aryl methyl sites for hydroxylation is 1. The van der Waals surface area contributed by atoms with Gasteiger partial charge in [-0.25, -0.2) is 0 Å². The molecule has 1 heterocycles. The van der Waals surface area contributed by atoms with Gasteiger partial charge in [0.05, 0.1) is 18.6 Å². The molecule has 2 aromatic rings. The quantitative estimate of drug-likeness (QED) is 0.831. The minimum Gasteiger partial charge on any atom is -0.495 e. The molecule has 0 radical (unpaired) electrons. The summed E-state index contributed by atoms with van der Waals surface area (Å²) < 4.78 is 5.48. The lowest BCUT2D eigenvalue weighted by Crippen LogP contribution is -2.28. The predicted octanol–water partition coefficient (Wildman–Crippen LogP) is 4.38. The lowest BCUT2D eigenvalue weighted by Gasteiger charge is -2.26. The van der Waals surface area contributed by atoms with E-state index in [1.807, 2.05) is 63.2 Å². The van der Waals surface area contributed by atoms with Crippen molar-refractivity contribution in [2.45, 2.75) is 26.1 Å². The summed E-state index contributed by atoms with van der Waals surface area (Å²) in [7, 11) is 1.61. The Morgan fingerprint density at radius 3 is 2.56 bits per heavy atom. The molecule has 0 aliphatic carbocycles. The molecule has 0 saturated carbocycles. The Morgan fingerprint density at radius 2 is 1.93 bits per heavy atom. The van der Waals surface area contributed by atoms with Gasteiger partial charge < -0.3 is 10.1 Å². The van der Waals surface area contributed by atoms with Crippen molar-refractivity contribution in [1.82, 2.24) is 0 Å². The Morgan fingerprint density at radius 1 is 1.22 bits per heavy atom. The number of anilines is 2. The van der Waals surface area contributed by atoms with Crippen molar-refractivity contribution in [2.75, 3.05) is 23.1 Å². The molecule has 1 aliphatic heterocycles. The Balaban J connectivity index is 1.89. The molecule has 1 unspecified atom stereocenters. The van der Waals surface area contributed by atoms with Crippen LogP contribution in [0.3, 0.4) is 0 Å². The van der Waals surface area contributed by atoms with Gasteiger partial charge in [0.15, 0.2) is 0 Å². The van der Waals surface area contributed by atoms with Gasteiger partial charge in [-0.15, -0.1) is 11.8 Å². The SMILES string of the molecule is COc1ccc(C)cc1N1C(=O)CSC1c1ccc(NC(=O)C(C)C)cc1. The first kappa shape index (κ1) is 19.3. The number of hydrogen-bond donors (Lipinski definition) is 1. The topological polar surface area (TPSA) is 58.6 Å². The Kier molecular flexibility index (Phi) is 5.75. The predicted molar refractivity (Wildman–Crippen MR) is 110 cm³/mol. The van der Waals surface area contributed by atoms with E-state index < -0.39 is 0 Å². The van der Waals surface area contributed by atoms with E-state index in [1.54, 1.807) is 23.8 Å². The zero-order valence-electron chi connectivity index (χ0n) is 16.0. The van der Waals surface area contributed by atoms with Crippen molar-refractivity contribution in [3.8, 4) is 5.75 Å². The number of benzene rings is 2. The van der Waals surface area contributed by atoms with E-state index in [-0.39, 0.29) is 23.1 Å². The number of carbonyl (C=O) groups is 2. The van der Waals surface area contributed by atoms with Crippen molar-refractivity contribution in [2.24, 2.45) is 5.92 Å². The maximum absolute atomic E-state index is 12.6. The molecule has 6 heteroatoms. The second kappa shape index (κ2) is 8.05. The molecule has 27 heavy (non-hydrogen) atoms. The monoisotopic (exact) mass is 384 g/mol. The van der Waals surface area contributed by atoms with Crippen molar-refractivity contribution in [3.63, 3.8) is 0 Å². The van der Waals surface area contributed by atoms with Crippen LogP contribution in [0.1, 0.15) is 30.3 Å². The summed E-state index contributed by atoms with van der Waals surface area (Å²) in [5.74, 6) is 1.08. The van der Waals surface area contributed by atoms with Gasteiger partial charge in [0.1, 0.15) is 11.1 Å². The van der Waals surface area contributed by atoms with E-state index in [4.69, 9.17) is 4.74 Å². The summed E-state index contributed by atoms with van der Waals surface area (Å²) in [4.78, 5) is 26.3. The maximum Gasteiger partial charge on any atom is 0.238 e. The minimum absolute atomic E-state index is 0.0145. The number of rotatable bonds is 5. The molecule has 1 saturated heterocycles. The standard InChI is InChI=1S/C21H24N2O3S/c1-13(2)20(25)22-16-8-6-15(7-9-16)21-23(19(24)12-27-21)17-11-14(3)5-10-18(17)26-4/h5-11,13,21H,12H2,1-4H3,(H,22,25). The van der Waals surface area contributed by atoms with E-state index in [0.29, 0.717) is 11.5 Å². The highest BCUT2D eigenvalue weighted by molar-refractivity contribution is 8.00. The fraction of sp³-hybridized carbons (Fsp3) is 0.333. The number of hydrogen-bond acceptors (Lipinski definition) is 4. The normalized spacial score (nSPS) is 16.7. The van der Waals surface area contributed by atoms with Gasteiger partial charge in [-0.05, 0) is 42.3 Å². The van der Waals surface area contributed by atoms with E-state index in [2.05, 4.69) is 5.32 Å². The number of amides is 2. The van der Waals surface area contributed by atoms with Gasteiger partial charge in [0, 0.05) is 11.6 Å². The molecule has 5 nitrogen and oxygen atoms in total. The van der Waals surface area contributed by atoms with Crippen LogP contribution < -0.4 is 15.0 Å². The van der Waals surface area contributed by atoms with Crippen molar-refractivity contribution in [3.05, 3.63) is 53.6 Å². The van der Waals surface area contributed by atoms with Gasteiger partial charge in [-0.3, -0.25) is 14.5 Å². The largest absolute Gasteiger partial charge is 0.495 e.